The summed E-state index contributed by atoms with van der Waals surface area (Å²) in [5.41, 5.74) is 5.76. The van der Waals surface area contributed by atoms with E-state index in [0.29, 0.717) is 28.3 Å². The quantitative estimate of drug-likeness (QED) is 0.722. The van der Waals surface area contributed by atoms with Gasteiger partial charge < -0.3 is 20.9 Å². The number of benzene rings is 1. The molecular weight excluding hydrogens is 340 g/mol. The second kappa shape index (κ2) is 8.36. The van der Waals surface area contributed by atoms with Gasteiger partial charge in [-0.3, -0.25) is 0 Å². The first-order valence-electron chi connectivity index (χ1n) is 8.59. The van der Waals surface area contributed by atoms with Gasteiger partial charge in [0.05, 0.1) is 6.20 Å². The summed E-state index contributed by atoms with van der Waals surface area (Å²) in [6.07, 6.45) is 6.85. The molecular formula is C18H23ClN4O2. The average Bonchev–Trinajstić information content (AvgIpc) is 2.61. The van der Waals surface area contributed by atoms with Gasteiger partial charge >= 0.3 is 0 Å². The van der Waals surface area contributed by atoms with Crippen LogP contribution < -0.4 is 15.8 Å². The summed E-state index contributed by atoms with van der Waals surface area (Å²) in [6, 6.07) is 7.35. The van der Waals surface area contributed by atoms with E-state index in [0.717, 1.165) is 25.7 Å². The Kier molecular flexibility index (Phi) is 5.94. The van der Waals surface area contributed by atoms with Gasteiger partial charge in [0.2, 0.25) is 5.95 Å². The minimum Gasteiger partial charge on any atom is -0.452 e. The zero-order valence-corrected chi connectivity index (χ0v) is 14.7. The van der Waals surface area contributed by atoms with Gasteiger partial charge in [-0.1, -0.05) is 24.4 Å². The van der Waals surface area contributed by atoms with Crippen LogP contribution in [0.5, 0.6) is 11.5 Å². The Morgan fingerprint density at radius 2 is 2.00 bits per heavy atom. The van der Waals surface area contributed by atoms with Crippen LogP contribution in [-0.4, -0.2) is 27.7 Å². The number of nitrogens with zero attached hydrogens (tertiary/aromatic N) is 2. The molecule has 1 aromatic heterocycles. The van der Waals surface area contributed by atoms with Crippen molar-refractivity contribution in [2.24, 2.45) is 5.92 Å². The second-order valence-corrected chi connectivity index (χ2v) is 6.74. The molecule has 134 valence electrons. The van der Waals surface area contributed by atoms with Crippen LogP contribution in [0.2, 0.25) is 5.02 Å². The molecule has 3 rings (SSSR count). The first kappa shape index (κ1) is 17.8. The van der Waals surface area contributed by atoms with Crippen molar-refractivity contribution in [1.82, 2.24) is 9.97 Å². The van der Waals surface area contributed by atoms with Gasteiger partial charge in [-0.2, -0.15) is 4.98 Å². The standard InChI is InChI=1S/C18H23ClN4O2/c19-13-5-7-14(8-6-13)25-16-11-21-18(20)23-17(16)22-15-4-2-1-3-12(15)9-10-24/h5-8,11-12,15,24H,1-4,9-10H2,(H3,20,21,22,23)/t12-,15+/m0/s1. The number of aliphatic hydroxyl groups is 1. The highest BCUT2D eigenvalue weighted by molar-refractivity contribution is 6.30. The van der Waals surface area contributed by atoms with Gasteiger partial charge in [-0.25, -0.2) is 4.98 Å². The number of anilines is 2. The van der Waals surface area contributed by atoms with Crippen molar-refractivity contribution in [1.29, 1.82) is 0 Å². The van der Waals surface area contributed by atoms with Crippen LogP contribution in [0.25, 0.3) is 0 Å². The number of aliphatic hydroxyl groups excluding tert-OH is 1. The highest BCUT2D eigenvalue weighted by Gasteiger charge is 2.26. The third-order valence-electron chi connectivity index (χ3n) is 4.55. The fraction of sp³-hybridized carbons (Fsp3) is 0.444. The molecule has 0 spiro atoms. The topological polar surface area (TPSA) is 93.3 Å². The summed E-state index contributed by atoms with van der Waals surface area (Å²) >= 11 is 5.91. The van der Waals surface area contributed by atoms with Crippen molar-refractivity contribution in [2.45, 2.75) is 38.1 Å². The number of hydrogen-bond acceptors (Lipinski definition) is 6. The first-order chi connectivity index (χ1) is 12.2. The van der Waals surface area contributed by atoms with Crippen molar-refractivity contribution < 1.29 is 9.84 Å². The molecule has 0 radical (unpaired) electrons. The molecule has 0 unspecified atom stereocenters. The van der Waals surface area contributed by atoms with Crippen LogP contribution in [0, 0.1) is 5.92 Å². The molecule has 4 N–H and O–H groups in total. The summed E-state index contributed by atoms with van der Waals surface area (Å²) in [5.74, 6) is 2.36. The lowest BCUT2D eigenvalue weighted by atomic mass is 9.82. The highest BCUT2D eigenvalue weighted by Crippen LogP contribution is 2.33. The van der Waals surface area contributed by atoms with Gasteiger partial charge in [-0.15, -0.1) is 0 Å². The Balaban J connectivity index is 1.79. The Hall–Kier alpha value is -2.05. The molecule has 7 heteroatoms. The molecule has 0 saturated heterocycles. The van der Waals surface area contributed by atoms with Crippen LogP contribution in [0.3, 0.4) is 0 Å². The highest BCUT2D eigenvalue weighted by atomic mass is 35.5. The van der Waals surface area contributed by atoms with Crippen LogP contribution in [0.15, 0.2) is 30.5 Å². The largest absolute Gasteiger partial charge is 0.452 e. The summed E-state index contributed by atoms with van der Waals surface area (Å²) < 4.78 is 5.91. The molecule has 1 aliphatic carbocycles. The maximum absolute atomic E-state index is 9.31. The van der Waals surface area contributed by atoms with Crippen molar-refractivity contribution in [2.75, 3.05) is 17.7 Å². The van der Waals surface area contributed by atoms with E-state index < -0.39 is 0 Å². The molecule has 1 aliphatic rings. The van der Waals surface area contributed by atoms with Crippen molar-refractivity contribution in [3.63, 3.8) is 0 Å². The number of nitrogens with one attached hydrogen (secondary N) is 1. The Bertz CT molecular complexity index is 694. The second-order valence-electron chi connectivity index (χ2n) is 6.30. The van der Waals surface area contributed by atoms with E-state index in [2.05, 4.69) is 15.3 Å². The number of nitrogens with two attached hydrogens (primary N) is 1. The summed E-state index contributed by atoms with van der Waals surface area (Å²) in [4.78, 5) is 8.36. The summed E-state index contributed by atoms with van der Waals surface area (Å²) in [7, 11) is 0. The monoisotopic (exact) mass is 362 g/mol. The van der Waals surface area contributed by atoms with Gasteiger partial charge in [-0.05, 0) is 49.4 Å². The van der Waals surface area contributed by atoms with Gasteiger partial charge in [0, 0.05) is 17.7 Å². The molecule has 6 nitrogen and oxygen atoms in total. The zero-order valence-electron chi connectivity index (χ0n) is 14.0. The van der Waals surface area contributed by atoms with Crippen molar-refractivity contribution >= 4 is 23.4 Å². The maximum atomic E-state index is 9.31. The van der Waals surface area contributed by atoms with E-state index in [4.69, 9.17) is 22.1 Å². The van der Waals surface area contributed by atoms with Crippen LogP contribution in [0.4, 0.5) is 11.8 Å². The number of hydrogen-bond donors (Lipinski definition) is 3. The first-order valence-corrected chi connectivity index (χ1v) is 8.97. The molecule has 0 bridgehead atoms. The smallest absolute Gasteiger partial charge is 0.222 e. The maximum Gasteiger partial charge on any atom is 0.222 e. The molecule has 0 aliphatic heterocycles. The lowest BCUT2D eigenvalue weighted by Gasteiger charge is -2.32. The average molecular weight is 363 g/mol. The van der Waals surface area contributed by atoms with Gasteiger partial charge in [0.15, 0.2) is 11.6 Å². The normalized spacial score (nSPS) is 20.2. The van der Waals surface area contributed by atoms with Crippen LogP contribution in [-0.2, 0) is 0 Å². The molecule has 1 aromatic carbocycles. The van der Waals surface area contributed by atoms with Crippen LogP contribution >= 0.6 is 11.6 Å². The van der Waals surface area contributed by atoms with Gasteiger partial charge in [0.1, 0.15) is 5.75 Å². The zero-order chi connectivity index (χ0) is 17.6. The van der Waals surface area contributed by atoms with E-state index in [1.54, 1.807) is 30.5 Å². The molecule has 1 fully saturated rings. The predicted molar refractivity (Wildman–Crippen MR) is 99.0 cm³/mol. The van der Waals surface area contributed by atoms with Crippen LogP contribution in [0.1, 0.15) is 32.1 Å². The number of aromatic nitrogens is 2. The molecule has 1 saturated carbocycles. The third kappa shape index (κ3) is 4.74. The van der Waals surface area contributed by atoms with Crippen molar-refractivity contribution in [3.8, 4) is 11.5 Å². The Morgan fingerprint density at radius 3 is 2.76 bits per heavy atom. The number of halogens is 1. The fourth-order valence-electron chi connectivity index (χ4n) is 3.28. The van der Waals surface area contributed by atoms with Gasteiger partial charge in [0.25, 0.3) is 0 Å². The van der Waals surface area contributed by atoms with E-state index >= 15 is 0 Å². The van der Waals surface area contributed by atoms with E-state index in [-0.39, 0.29) is 18.6 Å². The summed E-state index contributed by atoms with van der Waals surface area (Å²) in [6.45, 7) is 0.197. The number of nitrogen functional groups attached to an aromatic ring is 1. The number of rotatable bonds is 6. The molecule has 1 heterocycles. The minimum atomic E-state index is 0.195. The van der Waals surface area contributed by atoms with E-state index in [9.17, 15) is 5.11 Å². The lowest BCUT2D eigenvalue weighted by Crippen LogP contribution is -2.33. The molecule has 0 amide bonds. The van der Waals surface area contributed by atoms with E-state index in [1.165, 1.54) is 6.42 Å². The van der Waals surface area contributed by atoms with E-state index in [1.807, 2.05) is 0 Å². The SMILES string of the molecule is Nc1ncc(Oc2ccc(Cl)cc2)c(N[C@@H]2CCCC[C@H]2CCO)n1. The fourth-order valence-corrected chi connectivity index (χ4v) is 3.40. The lowest BCUT2D eigenvalue weighted by molar-refractivity contribution is 0.219. The third-order valence-corrected chi connectivity index (χ3v) is 4.80. The molecule has 25 heavy (non-hydrogen) atoms. The number of ether oxygens (including phenoxy) is 1. The summed E-state index contributed by atoms with van der Waals surface area (Å²) in [5, 5.41) is 13.4. The van der Waals surface area contributed by atoms with Crippen molar-refractivity contribution in [3.05, 3.63) is 35.5 Å². The predicted octanol–water partition coefficient (Wildman–Crippen LogP) is 3.86. The minimum absolute atomic E-state index is 0.195. The molecule has 2 aromatic rings. The Labute approximate surface area is 152 Å². The molecule has 2 atom stereocenters. The Morgan fingerprint density at radius 1 is 1.24 bits per heavy atom.